The first-order chi connectivity index (χ1) is 28.9. The lowest BCUT2D eigenvalue weighted by molar-refractivity contribution is 0.483. The van der Waals surface area contributed by atoms with Gasteiger partial charge in [0.1, 0.15) is 17.0 Å². The molecule has 0 saturated heterocycles. The van der Waals surface area contributed by atoms with E-state index in [4.69, 9.17) is 22.4 Å². The van der Waals surface area contributed by atoms with E-state index in [0.717, 1.165) is 39.1 Å². The molecule has 5 heteroatoms. The molecule has 0 bridgehead atoms. The van der Waals surface area contributed by atoms with Gasteiger partial charge in [-0.2, -0.15) is 0 Å². The summed E-state index contributed by atoms with van der Waals surface area (Å²) in [5.41, 5.74) is 11.0. The lowest BCUT2D eigenvalue weighted by Gasteiger charge is -2.24. The lowest BCUT2D eigenvalue weighted by Crippen LogP contribution is -2.13. The van der Waals surface area contributed by atoms with Crippen molar-refractivity contribution in [2.75, 3.05) is 0 Å². The van der Waals surface area contributed by atoms with Gasteiger partial charge >= 0.3 is 0 Å². The van der Waals surface area contributed by atoms with Crippen LogP contribution < -0.4 is 4.74 Å². The van der Waals surface area contributed by atoms with Gasteiger partial charge in [-0.25, -0.2) is 4.98 Å². The number of oxazole rings is 1. The Morgan fingerprint density at radius 2 is 1.34 bits per heavy atom. The van der Waals surface area contributed by atoms with Gasteiger partial charge in [0.25, 0.3) is 0 Å². The third-order valence-corrected chi connectivity index (χ3v) is 10.4. The van der Waals surface area contributed by atoms with Gasteiger partial charge in [-0.15, -0.1) is 0 Å². The number of aryl methyl sites for hydroxylation is 2. The second-order valence-electron chi connectivity index (χ2n) is 17.4. The molecule has 7 aromatic rings. The highest BCUT2D eigenvalue weighted by Crippen LogP contribution is 2.44. The van der Waals surface area contributed by atoms with E-state index >= 15 is 0 Å². The first-order valence-electron chi connectivity index (χ1n) is 22.4. The third-order valence-electron chi connectivity index (χ3n) is 10.4. The molecular formula is C51H55N3O2. The van der Waals surface area contributed by atoms with Crippen molar-refractivity contribution in [3.05, 3.63) is 137 Å². The van der Waals surface area contributed by atoms with Crippen LogP contribution in [0.25, 0.3) is 55.9 Å². The molecule has 4 aromatic carbocycles. The van der Waals surface area contributed by atoms with Crippen molar-refractivity contribution in [2.45, 2.75) is 106 Å². The molecule has 7 rings (SSSR count). The van der Waals surface area contributed by atoms with E-state index in [0.29, 0.717) is 28.3 Å². The summed E-state index contributed by atoms with van der Waals surface area (Å²) in [5.74, 6) is 0.852. The number of benzene rings is 4. The second kappa shape index (κ2) is 14.8. The summed E-state index contributed by atoms with van der Waals surface area (Å²) in [5, 5.41) is 0. The highest BCUT2D eigenvalue weighted by atomic mass is 16.5. The van der Waals surface area contributed by atoms with Gasteiger partial charge in [0.2, 0.25) is 0 Å². The highest BCUT2D eigenvalue weighted by Gasteiger charge is 2.23. The van der Waals surface area contributed by atoms with Gasteiger partial charge in [-0.1, -0.05) is 112 Å². The van der Waals surface area contributed by atoms with E-state index < -0.39 is 25.0 Å². The number of fused-ring (bicyclic) bond motifs is 1. The maximum Gasteiger partial charge on any atom is 0.192 e. The van der Waals surface area contributed by atoms with E-state index in [1.54, 1.807) is 18.2 Å². The van der Waals surface area contributed by atoms with Gasteiger partial charge in [0, 0.05) is 44.7 Å². The minimum absolute atomic E-state index is 0.114. The zero-order valence-electron chi connectivity index (χ0n) is 40.1. The summed E-state index contributed by atoms with van der Waals surface area (Å²) in [6.07, 6.45) is 3.22. The first-order valence-corrected chi connectivity index (χ1v) is 19.4. The Bertz CT molecular complexity index is 2740. The number of pyridine rings is 2. The van der Waals surface area contributed by atoms with Crippen LogP contribution in [0.15, 0.2) is 108 Å². The Morgan fingerprint density at radius 3 is 1.98 bits per heavy atom. The lowest BCUT2D eigenvalue weighted by atomic mass is 9.81. The van der Waals surface area contributed by atoms with Gasteiger partial charge < -0.3 is 9.15 Å². The molecule has 0 saturated carbocycles. The molecular weight excluding hydrogens is 687 g/mol. The van der Waals surface area contributed by atoms with Crippen molar-refractivity contribution < 1.29 is 17.4 Å². The van der Waals surface area contributed by atoms with Gasteiger partial charge in [-0.05, 0) is 122 Å². The Kier molecular flexibility index (Phi) is 8.38. The smallest absolute Gasteiger partial charge is 0.192 e. The molecule has 286 valence electrons. The largest absolute Gasteiger partial charge is 0.457 e. The Morgan fingerprint density at radius 1 is 0.643 bits per heavy atom. The van der Waals surface area contributed by atoms with Crippen LogP contribution in [0.1, 0.15) is 123 Å². The molecule has 0 N–H and O–H groups in total. The van der Waals surface area contributed by atoms with Gasteiger partial charge in [0.15, 0.2) is 11.5 Å². The van der Waals surface area contributed by atoms with Crippen molar-refractivity contribution in [3.8, 4) is 56.3 Å². The first kappa shape index (κ1) is 31.6. The normalized spacial score (nSPS) is 14.3. The monoisotopic (exact) mass is 747 g/mol. The Hall–Kier alpha value is -5.55. The number of rotatable bonds is 8. The van der Waals surface area contributed by atoms with E-state index in [1.165, 1.54) is 17.3 Å². The summed E-state index contributed by atoms with van der Waals surface area (Å²) in [7, 11) is 0. The Labute approximate surface area is 341 Å². The average molecular weight is 748 g/mol. The highest BCUT2D eigenvalue weighted by molar-refractivity contribution is 5.91. The molecule has 0 aliphatic carbocycles. The predicted octanol–water partition coefficient (Wildman–Crippen LogP) is 14.5. The number of aromatic nitrogens is 3. The second-order valence-corrected chi connectivity index (χ2v) is 17.4. The molecule has 0 amide bonds. The van der Waals surface area contributed by atoms with E-state index in [1.807, 2.05) is 51.2 Å². The topological polar surface area (TPSA) is 61.0 Å². The summed E-state index contributed by atoms with van der Waals surface area (Å²) < 4.78 is 61.9. The maximum atomic E-state index is 8.23. The van der Waals surface area contributed by atoms with Crippen molar-refractivity contribution in [3.63, 3.8) is 0 Å². The van der Waals surface area contributed by atoms with Crippen LogP contribution in [0.2, 0.25) is 0 Å². The minimum Gasteiger partial charge on any atom is -0.457 e. The molecule has 0 fully saturated rings. The standard InChI is InChI=1S/C51H55N3O2/c1-30(2)41-23-35(34-16-14-13-15-17-34)24-42(31(3)4)48(41)37-20-36(45-25-38(18-19-52-45)50(7,8)9)21-39(22-37)56-40-26-43(49-47(27-40)54-33(6)55-49)46-28-44(51(10,11)12)32(5)29-53-46/h13-31H,1-12H3/i5D3,6D3. The summed E-state index contributed by atoms with van der Waals surface area (Å²) in [6, 6.07) is 30.6. The van der Waals surface area contributed by atoms with Crippen LogP contribution in [0, 0.1) is 13.7 Å². The fourth-order valence-corrected chi connectivity index (χ4v) is 7.35. The van der Waals surface area contributed by atoms with E-state index in [-0.39, 0.29) is 33.9 Å². The van der Waals surface area contributed by atoms with E-state index in [2.05, 4.69) is 107 Å². The number of nitrogens with zero attached hydrogens (tertiary/aromatic N) is 3. The van der Waals surface area contributed by atoms with Crippen molar-refractivity contribution >= 4 is 11.1 Å². The molecule has 0 atom stereocenters. The van der Waals surface area contributed by atoms with Crippen LogP contribution >= 0.6 is 0 Å². The summed E-state index contributed by atoms with van der Waals surface area (Å²) in [4.78, 5) is 13.9. The number of ether oxygens (including phenoxy) is 1. The Balaban J connectivity index is 1.47. The number of hydrogen-bond donors (Lipinski definition) is 0. The molecule has 5 nitrogen and oxygen atoms in total. The quantitative estimate of drug-likeness (QED) is 0.155. The van der Waals surface area contributed by atoms with Gasteiger partial charge in [0.05, 0.1) is 11.4 Å². The molecule has 0 aliphatic rings. The molecule has 0 spiro atoms. The van der Waals surface area contributed by atoms with Crippen LogP contribution in [0.5, 0.6) is 11.5 Å². The van der Waals surface area contributed by atoms with Crippen LogP contribution in [-0.2, 0) is 10.8 Å². The van der Waals surface area contributed by atoms with E-state index in [9.17, 15) is 0 Å². The van der Waals surface area contributed by atoms with Crippen molar-refractivity contribution in [2.24, 2.45) is 0 Å². The fourth-order valence-electron chi connectivity index (χ4n) is 7.35. The average Bonchev–Trinajstić information content (AvgIpc) is 3.64. The molecule has 3 aromatic heterocycles. The third kappa shape index (κ3) is 7.91. The maximum absolute atomic E-state index is 8.23. The molecule has 0 aliphatic heterocycles. The van der Waals surface area contributed by atoms with Crippen LogP contribution in [0.4, 0.5) is 0 Å². The summed E-state index contributed by atoms with van der Waals surface area (Å²) >= 11 is 0. The van der Waals surface area contributed by atoms with Crippen molar-refractivity contribution in [1.82, 2.24) is 15.0 Å². The zero-order valence-corrected chi connectivity index (χ0v) is 34.1. The summed E-state index contributed by atoms with van der Waals surface area (Å²) in [6.45, 7) is 16.2. The fraction of sp³-hybridized carbons (Fsp3) is 0.314. The molecule has 56 heavy (non-hydrogen) atoms. The van der Waals surface area contributed by atoms with Crippen LogP contribution in [-0.4, -0.2) is 15.0 Å². The molecule has 0 unspecified atom stereocenters. The van der Waals surface area contributed by atoms with Gasteiger partial charge in [-0.3, -0.25) is 9.97 Å². The molecule has 0 radical (unpaired) electrons. The van der Waals surface area contributed by atoms with Crippen LogP contribution in [0.3, 0.4) is 0 Å². The molecule has 3 heterocycles. The minimum atomic E-state index is -2.62. The van der Waals surface area contributed by atoms with Crippen molar-refractivity contribution in [1.29, 1.82) is 0 Å². The zero-order chi connectivity index (χ0) is 45.1. The number of hydrogen-bond acceptors (Lipinski definition) is 5. The predicted molar refractivity (Wildman–Crippen MR) is 233 cm³/mol. The SMILES string of the molecule is [2H]C([2H])([2H])c1nc2cc(Oc3cc(-c4cc(C(C)(C)C)ccn4)cc(-c4c(C(C)C)cc(-c5ccccc5)cc4C(C)C)c3)cc(-c3cc(C(C)(C)C)c(C([2H])([2H])[2H])cn3)c2o1.